The average Bonchev–Trinajstić information content (AvgIpc) is 2.36. The number of carbonyl (C=O) groups excluding carboxylic acids is 1. The van der Waals surface area contributed by atoms with Gasteiger partial charge in [0.15, 0.2) is 5.78 Å². The molecule has 0 spiro atoms. The molecule has 2 atom stereocenters. The lowest BCUT2D eigenvalue weighted by Crippen LogP contribution is -2.32. The molecule has 1 aliphatic rings. The maximum Gasteiger partial charge on any atom is 0.166 e. The number of Topliss-reactive ketones (excluding diaryl/α,β-unsaturated/α-hetero) is 1. The molecule has 0 bridgehead atoms. The first-order valence-corrected chi connectivity index (χ1v) is 6.32. The molecule has 2 rings (SSSR count). The van der Waals surface area contributed by atoms with Crippen molar-refractivity contribution in [3.8, 4) is 0 Å². The van der Waals surface area contributed by atoms with Crippen molar-refractivity contribution in [2.45, 2.75) is 25.7 Å². The fourth-order valence-electron chi connectivity index (χ4n) is 2.75. The highest BCUT2D eigenvalue weighted by Gasteiger charge is 2.30. The maximum absolute atomic E-state index is 13.1. The molecule has 98 valence electrons. The van der Waals surface area contributed by atoms with Gasteiger partial charge in [0, 0.05) is 17.5 Å². The molecule has 0 heterocycles. The van der Waals surface area contributed by atoms with Crippen molar-refractivity contribution >= 4 is 5.78 Å². The van der Waals surface area contributed by atoms with Crippen LogP contribution in [-0.2, 0) is 0 Å². The van der Waals surface area contributed by atoms with Crippen molar-refractivity contribution in [1.29, 1.82) is 0 Å². The molecule has 1 fully saturated rings. The van der Waals surface area contributed by atoms with Crippen LogP contribution >= 0.6 is 0 Å². The third-order valence-electron chi connectivity index (χ3n) is 3.70. The molecule has 1 aliphatic carbocycles. The van der Waals surface area contributed by atoms with E-state index in [0.717, 1.165) is 43.9 Å². The number of benzene rings is 1. The van der Waals surface area contributed by atoms with E-state index in [9.17, 15) is 13.6 Å². The number of carbonyl (C=O) groups is 1. The summed E-state index contributed by atoms with van der Waals surface area (Å²) in [7, 11) is 0. The predicted octanol–water partition coefficient (Wildman–Crippen LogP) is 2.91. The number of hydrogen-bond donors (Lipinski definition) is 1. The summed E-state index contributed by atoms with van der Waals surface area (Å²) in [5, 5.41) is 0. The molecular weight excluding hydrogens is 236 g/mol. The lowest BCUT2D eigenvalue weighted by atomic mass is 9.75. The van der Waals surface area contributed by atoms with Crippen LogP contribution < -0.4 is 5.73 Å². The van der Waals surface area contributed by atoms with Crippen molar-refractivity contribution < 1.29 is 13.6 Å². The number of halogens is 2. The average molecular weight is 253 g/mol. The van der Waals surface area contributed by atoms with Crippen LogP contribution in [0.2, 0.25) is 0 Å². The highest BCUT2D eigenvalue weighted by molar-refractivity contribution is 5.98. The van der Waals surface area contributed by atoms with Gasteiger partial charge < -0.3 is 5.73 Å². The summed E-state index contributed by atoms with van der Waals surface area (Å²) in [6.45, 7) is 0.453. The summed E-state index contributed by atoms with van der Waals surface area (Å²) in [6, 6.07) is 2.99. The van der Waals surface area contributed by atoms with Crippen LogP contribution in [0.4, 0.5) is 8.78 Å². The zero-order valence-corrected chi connectivity index (χ0v) is 10.2. The standard InChI is InChI=1S/C14H17F2NO/c15-11-5-10(6-12(16)7-11)14(18)13-4-2-1-3-9(13)8-17/h5-7,9,13H,1-4,8,17H2. The molecule has 1 aromatic rings. The Kier molecular flexibility index (Phi) is 4.07. The van der Waals surface area contributed by atoms with E-state index in [0.29, 0.717) is 6.54 Å². The first-order chi connectivity index (χ1) is 8.61. The third-order valence-corrected chi connectivity index (χ3v) is 3.70. The van der Waals surface area contributed by atoms with Gasteiger partial charge in [0.1, 0.15) is 11.6 Å². The molecule has 2 N–H and O–H groups in total. The Morgan fingerprint density at radius 1 is 1.17 bits per heavy atom. The molecule has 4 heteroatoms. The van der Waals surface area contributed by atoms with Crippen molar-refractivity contribution in [3.05, 3.63) is 35.4 Å². The van der Waals surface area contributed by atoms with Gasteiger partial charge in [-0.2, -0.15) is 0 Å². The lowest BCUT2D eigenvalue weighted by Gasteiger charge is -2.29. The molecule has 18 heavy (non-hydrogen) atoms. The molecule has 2 nitrogen and oxygen atoms in total. The summed E-state index contributed by atoms with van der Waals surface area (Å²) in [6.07, 6.45) is 3.73. The van der Waals surface area contributed by atoms with Gasteiger partial charge in [0.25, 0.3) is 0 Å². The minimum atomic E-state index is -0.710. The van der Waals surface area contributed by atoms with E-state index >= 15 is 0 Å². The van der Waals surface area contributed by atoms with Crippen molar-refractivity contribution in [1.82, 2.24) is 0 Å². The van der Waals surface area contributed by atoms with E-state index < -0.39 is 11.6 Å². The first-order valence-electron chi connectivity index (χ1n) is 6.32. The van der Waals surface area contributed by atoms with Crippen LogP contribution in [0.3, 0.4) is 0 Å². The fourth-order valence-corrected chi connectivity index (χ4v) is 2.75. The minimum Gasteiger partial charge on any atom is -0.330 e. The highest BCUT2D eigenvalue weighted by atomic mass is 19.1. The third kappa shape index (κ3) is 2.75. The second-order valence-corrected chi connectivity index (χ2v) is 4.91. The topological polar surface area (TPSA) is 43.1 Å². The van der Waals surface area contributed by atoms with Gasteiger partial charge in [-0.3, -0.25) is 4.79 Å². The Morgan fingerprint density at radius 2 is 1.78 bits per heavy atom. The van der Waals surface area contributed by atoms with Gasteiger partial charge in [0.2, 0.25) is 0 Å². The second kappa shape index (κ2) is 5.57. The van der Waals surface area contributed by atoms with Crippen LogP contribution in [0.15, 0.2) is 18.2 Å². The number of hydrogen-bond acceptors (Lipinski definition) is 2. The van der Waals surface area contributed by atoms with Crippen LogP contribution in [-0.4, -0.2) is 12.3 Å². The van der Waals surface area contributed by atoms with Crippen molar-refractivity contribution in [2.24, 2.45) is 17.6 Å². The van der Waals surface area contributed by atoms with E-state index in [2.05, 4.69) is 0 Å². The van der Waals surface area contributed by atoms with Gasteiger partial charge >= 0.3 is 0 Å². The van der Waals surface area contributed by atoms with Crippen molar-refractivity contribution in [3.63, 3.8) is 0 Å². The Labute approximate surface area is 105 Å². The quantitative estimate of drug-likeness (QED) is 0.842. The van der Waals surface area contributed by atoms with E-state index in [4.69, 9.17) is 5.73 Å². The maximum atomic E-state index is 13.1. The van der Waals surface area contributed by atoms with E-state index in [-0.39, 0.29) is 23.2 Å². The molecule has 0 amide bonds. The molecule has 1 saturated carbocycles. The van der Waals surface area contributed by atoms with E-state index in [1.54, 1.807) is 0 Å². The zero-order chi connectivity index (χ0) is 13.1. The van der Waals surface area contributed by atoms with Crippen LogP contribution in [0.1, 0.15) is 36.0 Å². The Morgan fingerprint density at radius 3 is 2.39 bits per heavy atom. The summed E-state index contributed by atoms with van der Waals surface area (Å²) < 4.78 is 26.2. The summed E-state index contributed by atoms with van der Waals surface area (Å²) in [5.41, 5.74) is 5.79. The SMILES string of the molecule is NCC1CCCCC1C(=O)c1cc(F)cc(F)c1. The van der Waals surface area contributed by atoms with E-state index in [1.165, 1.54) is 0 Å². The molecule has 2 unspecified atom stereocenters. The van der Waals surface area contributed by atoms with E-state index in [1.807, 2.05) is 0 Å². The molecule has 0 aromatic heterocycles. The molecule has 1 aromatic carbocycles. The second-order valence-electron chi connectivity index (χ2n) is 4.91. The molecule has 0 aliphatic heterocycles. The van der Waals surface area contributed by atoms with Crippen molar-refractivity contribution in [2.75, 3.05) is 6.54 Å². The van der Waals surface area contributed by atoms with Gasteiger partial charge in [-0.25, -0.2) is 8.78 Å². The smallest absolute Gasteiger partial charge is 0.166 e. The largest absolute Gasteiger partial charge is 0.330 e. The highest BCUT2D eigenvalue weighted by Crippen LogP contribution is 2.32. The van der Waals surface area contributed by atoms with Gasteiger partial charge in [-0.1, -0.05) is 12.8 Å². The fraction of sp³-hybridized carbons (Fsp3) is 0.500. The van der Waals surface area contributed by atoms with Gasteiger partial charge in [-0.15, -0.1) is 0 Å². The zero-order valence-electron chi connectivity index (χ0n) is 10.2. The van der Waals surface area contributed by atoms with Crippen LogP contribution in [0, 0.1) is 23.5 Å². The monoisotopic (exact) mass is 253 g/mol. The van der Waals surface area contributed by atoms with Gasteiger partial charge in [0.05, 0.1) is 0 Å². The summed E-state index contributed by atoms with van der Waals surface area (Å²) >= 11 is 0. The van der Waals surface area contributed by atoms with Crippen LogP contribution in [0.25, 0.3) is 0 Å². The first kappa shape index (κ1) is 13.1. The normalized spacial score (nSPS) is 23.9. The number of rotatable bonds is 3. The van der Waals surface area contributed by atoms with Gasteiger partial charge in [-0.05, 0) is 37.4 Å². The Hall–Kier alpha value is -1.29. The molecule has 0 radical (unpaired) electrons. The summed E-state index contributed by atoms with van der Waals surface area (Å²) in [4.78, 5) is 12.3. The lowest BCUT2D eigenvalue weighted by molar-refractivity contribution is 0.0828. The Balaban J connectivity index is 2.23. The molecule has 0 saturated heterocycles. The number of ketones is 1. The molecular formula is C14H17F2NO. The predicted molar refractivity (Wildman–Crippen MR) is 65.2 cm³/mol. The Bertz CT molecular complexity index is 427. The summed E-state index contributed by atoms with van der Waals surface area (Å²) in [5.74, 6) is -1.65. The van der Waals surface area contributed by atoms with Crippen LogP contribution in [0.5, 0.6) is 0 Å². The number of nitrogens with two attached hydrogens (primary N) is 1. The minimum absolute atomic E-state index is 0.123.